The van der Waals surface area contributed by atoms with Gasteiger partial charge in [0.25, 0.3) is 0 Å². The van der Waals surface area contributed by atoms with E-state index in [1.54, 1.807) is 57.2 Å². The Morgan fingerprint density at radius 2 is 1.55 bits per heavy atom. The van der Waals surface area contributed by atoms with Gasteiger partial charge in [0.2, 0.25) is 10.0 Å². The zero-order valence-corrected chi connectivity index (χ0v) is 14.2. The Morgan fingerprint density at radius 3 is 2.05 bits per heavy atom. The normalized spacial score (nSPS) is 12.4. The topological polar surface area (TPSA) is 66.4 Å². The van der Waals surface area contributed by atoms with Gasteiger partial charge in [-0.15, -0.1) is 0 Å². The van der Waals surface area contributed by atoms with Crippen molar-refractivity contribution in [2.75, 3.05) is 0 Å². The lowest BCUT2D eigenvalue weighted by Crippen LogP contribution is -2.40. The molecule has 0 aliphatic carbocycles. The molecule has 0 fully saturated rings. The standard InChI is InChI=1S/C16H18ClNO3S/c1-16(2,3)18-22(20,21)13-7-4-11(5-8-13)12-6-9-15(19)14(17)10-12/h4-10,18-19H,1-3H3. The largest absolute Gasteiger partial charge is 0.506 e. The lowest BCUT2D eigenvalue weighted by Gasteiger charge is -2.20. The Morgan fingerprint density at radius 1 is 1.00 bits per heavy atom. The molecule has 0 aliphatic heterocycles. The summed E-state index contributed by atoms with van der Waals surface area (Å²) in [6.45, 7) is 5.37. The molecular formula is C16H18ClNO3S. The van der Waals surface area contributed by atoms with Crippen LogP contribution < -0.4 is 4.72 Å². The maximum absolute atomic E-state index is 12.2. The van der Waals surface area contributed by atoms with Crippen LogP contribution in [0.1, 0.15) is 20.8 Å². The number of aromatic hydroxyl groups is 1. The summed E-state index contributed by atoms with van der Waals surface area (Å²) < 4.78 is 27.1. The van der Waals surface area contributed by atoms with Crippen molar-refractivity contribution in [3.05, 3.63) is 47.5 Å². The van der Waals surface area contributed by atoms with Gasteiger partial charge in [-0.3, -0.25) is 0 Å². The van der Waals surface area contributed by atoms with E-state index < -0.39 is 15.6 Å². The van der Waals surface area contributed by atoms with Gasteiger partial charge >= 0.3 is 0 Å². The van der Waals surface area contributed by atoms with Crippen molar-refractivity contribution < 1.29 is 13.5 Å². The van der Waals surface area contributed by atoms with E-state index in [9.17, 15) is 13.5 Å². The van der Waals surface area contributed by atoms with Crippen molar-refractivity contribution in [3.8, 4) is 16.9 Å². The molecule has 2 aromatic carbocycles. The average molecular weight is 340 g/mol. The summed E-state index contributed by atoms with van der Waals surface area (Å²) in [6.07, 6.45) is 0. The highest BCUT2D eigenvalue weighted by atomic mass is 35.5. The smallest absolute Gasteiger partial charge is 0.241 e. The van der Waals surface area contributed by atoms with Crippen LogP contribution in [0.15, 0.2) is 47.4 Å². The van der Waals surface area contributed by atoms with E-state index >= 15 is 0 Å². The summed E-state index contributed by atoms with van der Waals surface area (Å²) in [7, 11) is -3.55. The van der Waals surface area contributed by atoms with Gasteiger partial charge in [-0.25, -0.2) is 13.1 Å². The molecule has 118 valence electrons. The minimum absolute atomic E-state index is 0.0130. The van der Waals surface area contributed by atoms with Crippen molar-refractivity contribution >= 4 is 21.6 Å². The molecule has 2 aromatic rings. The minimum Gasteiger partial charge on any atom is -0.506 e. The SMILES string of the molecule is CC(C)(C)NS(=O)(=O)c1ccc(-c2ccc(O)c(Cl)c2)cc1. The number of rotatable bonds is 3. The maximum Gasteiger partial charge on any atom is 0.241 e. The molecule has 0 radical (unpaired) electrons. The van der Waals surface area contributed by atoms with Gasteiger partial charge in [-0.05, 0) is 56.2 Å². The van der Waals surface area contributed by atoms with Crippen LogP contribution in [-0.4, -0.2) is 19.1 Å². The third kappa shape index (κ3) is 4.00. The fourth-order valence-electron chi connectivity index (χ4n) is 1.98. The molecule has 0 amide bonds. The molecule has 0 atom stereocenters. The predicted molar refractivity (Wildman–Crippen MR) is 88.6 cm³/mol. The van der Waals surface area contributed by atoms with Crippen molar-refractivity contribution in [2.24, 2.45) is 0 Å². The zero-order chi connectivity index (χ0) is 16.5. The molecule has 0 unspecified atom stereocenters. The van der Waals surface area contributed by atoms with Crippen LogP contribution in [0.25, 0.3) is 11.1 Å². The number of phenols is 1. The summed E-state index contributed by atoms with van der Waals surface area (Å²) in [6, 6.07) is 11.4. The number of halogens is 1. The maximum atomic E-state index is 12.2. The molecule has 2 N–H and O–H groups in total. The van der Waals surface area contributed by atoms with Gasteiger partial charge < -0.3 is 5.11 Å². The Kier molecular flexibility index (Phi) is 4.52. The second kappa shape index (κ2) is 5.91. The fraction of sp³-hybridized carbons (Fsp3) is 0.250. The Balaban J connectivity index is 2.32. The predicted octanol–water partition coefficient (Wildman–Crippen LogP) is 3.79. The first kappa shape index (κ1) is 16.8. The minimum atomic E-state index is -3.55. The average Bonchev–Trinajstić information content (AvgIpc) is 2.39. The summed E-state index contributed by atoms with van der Waals surface area (Å²) in [5.74, 6) is 0.0130. The number of sulfonamides is 1. The quantitative estimate of drug-likeness (QED) is 0.894. The van der Waals surface area contributed by atoms with Gasteiger partial charge in [0.1, 0.15) is 5.75 Å². The highest BCUT2D eigenvalue weighted by Gasteiger charge is 2.21. The molecule has 0 saturated heterocycles. The molecule has 0 heterocycles. The molecule has 22 heavy (non-hydrogen) atoms. The van der Waals surface area contributed by atoms with Crippen molar-refractivity contribution in [3.63, 3.8) is 0 Å². The summed E-state index contributed by atoms with van der Waals surface area (Å²) in [4.78, 5) is 0.205. The molecule has 0 spiro atoms. The fourth-order valence-corrected chi connectivity index (χ4v) is 3.57. The molecule has 6 heteroatoms. The number of hydrogen-bond donors (Lipinski definition) is 2. The van der Waals surface area contributed by atoms with Gasteiger partial charge in [0.05, 0.1) is 9.92 Å². The number of phenolic OH excluding ortho intramolecular Hbond substituents is 1. The van der Waals surface area contributed by atoms with E-state index in [0.717, 1.165) is 11.1 Å². The third-order valence-corrected chi connectivity index (χ3v) is 4.96. The van der Waals surface area contributed by atoms with Crippen LogP contribution in [0.5, 0.6) is 5.75 Å². The molecule has 0 aromatic heterocycles. The van der Waals surface area contributed by atoms with Crippen LogP contribution in [0.4, 0.5) is 0 Å². The molecule has 0 saturated carbocycles. The molecule has 0 aliphatic rings. The lowest BCUT2D eigenvalue weighted by atomic mass is 10.1. The van der Waals surface area contributed by atoms with E-state index in [1.165, 1.54) is 6.07 Å². The van der Waals surface area contributed by atoms with Crippen LogP contribution in [0.3, 0.4) is 0 Å². The van der Waals surface area contributed by atoms with Crippen LogP contribution in [0.2, 0.25) is 5.02 Å². The molecular weight excluding hydrogens is 322 g/mol. The van der Waals surface area contributed by atoms with Gasteiger partial charge in [-0.1, -0.05) is 29.8 Å². The Labute approximate surface area is 135 Å². The van der Waals surface area contributed by atoms with E-state index in [-0.39, 0.29) is 15.7 Å². The number of benzene rings is 2. The van der Waals surface area contributed by atoms with Crippen molar-refractivity contribution in [1.82, 2.24) is 4.72 Å². The first-order valence-electron chi connectivity index (χ1n) is 6.71. The molecule has 0 bridgehead atoms. The lowest BCUT2D eigenvalue weighted by molar-refractivity contribution is 0.475. The molecule has 4 nitrogen and oxygen atoms in total. The second-order valence-electron chi connectivity index (χ2n) is 6.05. The Hall–Kier alpha value is -1.56. The highest BCUT2D eigenvalue weighted by molar-refractivity contribution is 7.89. The Bertz CT molecular complexity index is 778. The van der Waals surface area contributed by atoms with E-state index in [2.05, 4.69) is 4.72 Å². The van der Waals surface area contributed by atoms with E-state index in [1.807, 2.05) is 0 Å². The zero-order valence-electron chi connectivity index (χ0n) is 12.6. The van der Waals surface area contributed by atoms with Crippen molar-refractivity contribution in [2.45, 2.75) is 31.2 Å². The third-order valence-electron chi connectivity index (χ3n) is 2.89. The first-order chi connectivity index (χ1) is 10.1. The summed E-state index contributed by atoms with van der Waals surface area (Å²) in [5.41, 5.74) is 1.08. The highest BCUT2D eigenvalue weighted by Crippen LogP contribution is 2.29. The second-order valence-corrected chi connectivity index (χ2v) is 8.14. The van der Waals surface area contributed by atoms with Gasteiger partial charge in [0.15, 0.2) is 0 Å². The van der Waals surface area contributed by atoms with Gasteiger partial charge in [-0.2, -0.15) is 0 Å². The monoisotopic (exact) mass is 339 g/mol. The first-order valence-corrected chi connectivity index (χ1v) is 8.57. The molecule has 2 rings (SSSR count). The summed E-state index contributed by atoms with van der Waals surface area (Å²) in [5, 5.41) is 9.68. The summed E-state index contributed by atoms with van der Waals surface area (Å²) >= 11 is 5.88. The van der Waals surface area contributed by atoms with Crippen LogP contribution in [0, 0.1) is 0 Å². The van der Waals surface area contributed by atoms with Crippen LogP contribution in [-0.2, 0) is 10.0 Å². The van der Waals surface area contributed by atoms with E-state index in [4.69, 9.17) is 11.6 Å². The van der Waals surface area contributed by atoms with Gasteiger partial charge in [0, 0.05) is 5.54 Å². The van der Waals surface area contributed by atoms with E-state index in [0.29, 0.717) is 0 Å². The van der Waals surface area contributed by atoms with Crippen molar-refractivity contribution in [1.29, 1.82) is 0 Å². The number of hydrogen-bond acceptors (Lipinski definition) is 3. The number of nitrogens with one attached hydrogen (secondary N) is 1. The van der Waals surface area contributed by atoms with Crippen LogP contribution >= 0.6 is 11.6 Å².